The fourth-order valence-corrected chi connectivity index (χ4v) is 6.68. The second-order valence-electron chi connectivity index (χ2n) is 12.1. The lowest BCUT2D eigenvalue weighted by molar-refractivity contribution is -0.143. The molecular weight excluding hydrogens is 616 g/mol. The van der Waals surface area contributed by atoms with Gasteiger partial charge in [-0.3, -0.25) is 0 Å². The number of fused-ring (bicyclic) bond motifs is 1. The number of alkyl halides is 6. The van der Waals surface area contributed by atoms with Crippen molar-refractivity contribution in [1.29, 1.82) is 0 Å². The van der Waals surface area contributed by atoms with E-state index in [9.17, 15) is 31.1 Å². The van der Waals surface area contributed by atoms with Crippen LogP contribution in [-0.4, -0.2) is 64.5 Å². The molecule has 0 saturated carbocycles. The Balaban J connectivity index is 1.53. The molecule has 1 fully saturated rings. The molecule has 0 unspecified atom stereocenters. The Hall–Kier alpha value is -4.04. The Labute approximate surface area is 263 Å². The number of hydrogen-bond acceptors (Lipinski definition) is 7. The van der Waals surface area contributed by atoms with Gasteiger partial charge in [-0.1, -0.05) is 22.8 Å². The molecule has 0 aliphatic carbocycles. The molecule has 3 aromatic rings. The van der Waals surface area contributed by atoms with Gasteiger partial charge in [-0.2, -0.15) is 31.1 Å². The summed E-state index contributed by atoms with van der Waals surface area (Å²) in [5.41, 5.74) is 0.955. The predicted octanol–water partition coefficient (Wildman–Crippen LogP) is 6.69. The molecule has 0 N–H and O–H groups in total. The third-order valence-electron chi connectivity index (χ3n) is 8.71. The minimum atomic E-state index is -4.97. The van der Waals surface area contributed by atoms with E-state index in [1.54, 1.807) is 16.8 Å². The van der Waals surface area contributed by atoms with Gasteiger partial charge in [-0.15, -0.1) is 5.10 Å². The number of anilines is 2. The number of piperidine rings is 1. The number of methoxy groups -OCH3 is 1. The maximum atomic E-state index is 13.8. The normalized spacial score (nSPS) is 17.9. The third-order valence-corrected chi connectivity index (χ3v) is 8.71. The third kappa shape index (κ3) is 7.33. The summed E-state index contributed by atoms with van der Waals surface area (Å²) in [7, 11) is 2.91. The van der Waals surface area contributed by atoms with E-state index < -0.39 is 29.5 Å². The SMILES string of the molecule is COC(=O)N1CCC(CN2CCC[C@H](N(Cc3cc(C(F)(F)F)cc(C(F)(F)F)c3)c3nnn(C)n3)c3cc(C)cc(C)c32)CC1. The van der Waals surface area contributed by atoms with Gasteiger partial charge in [0.05, 0.1) is 31.3 Å². The van der Waals surface area contributed by atoms with Gasteiger partial charge in [0.2, 0.25) is 0 Å². The lowest BCUT2D eigenvalue weighted by atomic mass is 9.93. The maximum absolute atomic E-state index is 13.8. The Morgan fingerprint density at radius 1 is 0.957 bits per heavy atom. The van der Waals surface area contributed by atoms with Gasteiger partial charge in [0.1, 0.15) is 0 Å². The van der Waals surface area contributed by atoms with Crippen molar-refractivity contribution in [3.63, 3.8) is 0 Å². The van der Waals surface area contributed by atoms with Gasteiger partial charge < -0.3 is 19.4 Å². The Morgan fingerprint density at radius 2 is 1.61 bits per heavy atom. The van der Waals surface area contributed by atoms with Gasteiger partial charge >= 0.3 is 18.4 Å². The molecule has 5 rings (SSSR count). The number of carbonyl (C=O) groups is 1. The quantitative estimate of drug-likeness (QED) is 0.275. The van der Waals surface area contributed by atoms with Gasteiger partial charge in [0.25, 0.3) is 5.95 Å². The van der Waals surface area contributed by atoms with Crippen LogP contribution >= 0.6 is 0 Å². The van der Waals surface area contributed by atoms with Crippen molar-refractivity contribution in [3.8, 4) is 0 Å². The highest BCUT2D eigenvalue weighted by Crippen LogP contribution is 2.43. The summed E-state index contributed by atoms with van der Waals surface area (Å²) in [5, 5.41) is 12.4. The van der Waals surface area contributed by atoms with E-state index in [-0.39, 0.29) is 30.2 Å². The van der Waals surface area contributed by atoms with Crippen molar-refractivity contribution in [2.75, 3.05) is 43.1 Å². The van der Waals surface area contributed by atoms with E-state index >= 15 is 0 Å². The Bertz CT molecular complexity index is 1520. The molecule has 0 spiro atoms. The predicted molar refractivity (Wildman–Crippen MR) is 158 cm³/mol. The molecule has 2 aromatic carbocycles. The van der Waals surface area contributed by atoms with Crippen LogP contribution in [0.1, 0.15) is 65.1 Å². The summed E-state index contributed by atoms with van der Waals surface area (Å²) in [6.45, 7) is 6.29. The van der Waals surface area contributed by atoms with Crippen LogP contribution in [0.25, 0.3) is 0 Å². The smallest absolute Gasteiger partial charge is 0.416 e. The van der Waals surface area contributed by atoms with E-state index in [1.807, 2.05) is 19.9 Å². The Morgan fingerprint density at radius 3 is 2.17 bits per heavy atom. The maximum Gasteiger partial charge on any atom is 0.416 e. The molecule has 1 amide bonds. The summed E-state index contributed by atoms with van der Waals surface area (Å²) >= 11 is 0. The summed E-state index contributed by atoms with van der Waals surface area (Å²) in [6, 6.07) is 5.28. The molecule has 15 heteroatoms. The number of halogens is 6. The second kappa shape index (κ2) is 13.0. The molecule has 0 bridgehead atoms. The number of aryl methyl sites for hydroxylation is 3. The van der Waals surface area contributed by atoms with Gasteiger partial charge in [0, 0.05) is 38.4 Å². The highest BCUT2D eigenvalue weighted by atomic mass is 19.4. The summed E-state index contributed by atoms with van der Waals surface area (Å²) in [6.07, 6.45) is -7.41. The standard InChI is InChI=1S/C31H37F6N7O2/c1-19-12-20(2)27-25(13-19)26(6-5-9-43(27)17-21-7-10-42(11-8-21)29(45)46-4)44(28-38-40-41(3)39-28)18-22-14-23(30(32,33)34)16-24(15-22)31(35,36)37/h12-16,21,26H,5-11,17-18H2,1-4H3/t26-/m0/s1. The average Bonchev–Trinajstić information content (AvgIpc) is 3.34. The second-order valence-corrected chi connectivity index (χ2v) is 12.1. The highest BCUT2D eigenvalue weighted by molar-refractivity contribution is 5.67. The number of tetrazole rings is 1. The van der Waals surface area contributed by atoms with Crippen LogP contribution in [-0.2, 0) is 30.7 Å². The first-order chi connectivity index (χ1) is 21.6. The zero-order valence-electron chi connectivity index (χ0n) is 26.1. The van der Waals surface area contributed by atoms with E-state index in [2.05, 4.69) is 26.4 Å². The van der Waals surface area contributed by atoms with Gasteiger partial charge in [-0.25, -0.2) is 4.79 Å². The molecule has 250 valence electrons. The highest BCUT2D eigenvalue weighted by Gasteiger charge is 2.38. The van der Waals surface area contributed by atoms with E-state index in [0.717, 1.165) is 53.9 Å². The number of aromatic nitrogens is 4. The molecule has 9 nitrogen and oxygen atoms in total. The Kier molecular flexibility index (Phi) is 9.41. The zero-order chi connectivity index (χ0) is 33.4. The molecular formula is C31H37F6N7O2. The van der Waals surface area contributed by atoms with Crippen LogP contribution in [0.3, 0.4) is 0 Å². The average molecular weight is 654 g/mol. The first-order valence-electron chi connectivity index (χ1n) is 15.1. The number of rotatable bonds is 6. The zero-order valence-corrected chi connectivity index (χ0v) is 26.1. The van der Waals surface area contributed by atoms with Crippen molar-refractivity contribution in [2.24, 2.45) is 13.0 Å². The number of nitrogens with zero attached hydrogens (tertiary/aromatic N) is 7. The number of likely N-dealkylation sites (tertiary alicyclic amines) is 1. The van der Waals surface area contributed by atoms with Crippen LogP contribution in [0.15, 0.2) is 30.3 Å². The number of hydrogen-bond donors (Lipinski definition) is 0. The van der Waals surface area contributed by atoms with Crippen LogP contribution < -0.4 is 9.80 Å². The molecule has 1 atom stereocenters. The van der Waals surface area contributed by atoms with E-state index in [0.29, 0.717) is 38.4 Å². The minimum Gasteiger partial charge on any atom is -0.453 e. The van der Waals surface area contributed by atoms with Crippen molar-refractivity contribution in [3.05, 3.63) is 63.7 Å². The van der Waals surface area contributed by atoms with E-state index in [4.69, 9.17) is 4.74 Å². The lowest BCUT2D eigenvalue weighted by Gasteiger charge is -2.37. The molecule has 0 radical (unpaired) electrons. The largest absolute Gasteiger partial charge is 0.453 e. The minimum absolute atomic E-state index is 0.104. The fourth-order valence-electron chi connectivity index (χ4n) is 6.68. The molecule has 3 heterocycles. The summed E-state index contributed by atoms with van der Waals surface area (Å²) in [5.74, 6) is 0.418. The first kappa shape index (κ1) is 33.3. The molecule has 1 saturated heterocycles. The van der Waals surface area contributed by atoms with Crippen molar-refractivity contribution < 1.29 is 35.9 Å². The van der Waals surface area contributed by atoms with Crippen LogP contribution in [0.5, 0.6) is 0 Å². The monoisotopic (exact) mass is 653 g/mol. The van der Waals surface area contributed by atoms with Gasteiger partial charge in [-0.05, 0) is 85.6 Å². The summed E-state index contributed by atoms with van der Waals surface area (Å²) < 4.78 is 87.4. The number of ether oxygens (including phenoxy) is 1. The molecule has 46 heavy (non-hydrogen) atoms. The molecule has 2 aliphatic heterocycles. The van der Waals surface area contributed by atoms with Crippen LogP contribution in [0.2, 0.25) is 0 Å². The number of carbonyl (C=O) groups excluding carboxylic acids is 1. The molecule has 2 aliphatic rings. The number of amides is 1. The first-order valence-corrected chi connectivity index (χ1v) is 15.1. The van der Waals surface area contributed by atoms with E-state index in [1.165, 1.54) is 11.9 Å². The van der Waals surface area contributed by atoms with Crippen LogP contribution in [0, 0.1) is 19.8 Å². The molecule has 1 aromatic heterocycles. The fraction of sp³-hybridized carbons (Fsp3) is 0.548. The van der Waals surface area contributed by atoms with Crippen molar-refractivity contribution in [1.82, 2.24) is 25.1 Å². The van der Waals surface area contributed by atoms with Crippen LogP contribution in [0.4, 0.5) is 42.8 Å². The summed E-state index contributed by atoms with van der Waals surface area (Å²) in [4.78, 5) is 18.9. The van der Waals surface area contributed by atoms with Crippen molar-refractivity contribution in [2.45, 2.75) is 64.5 Å². The van der Waals surface area contributed by atoms with Crippen molar-refractivity contribution >= 4 is 17.7 Å². The lowest BCUT2D eigenvalue weighted by Crippen LogP contribution is -2.42. The van der Waals surface area contributed by atoms with Gasteiger partial charge in [0.15, 0.2) is 0 Å². The topological polar surface area (TPSA) is 79.6 Å². The number of benzene rings is 2.